The minimum absolute atomic E-state index is 0.475. The van der Waals surface area contributed by atoms with Gasteiger partial charge in [0, 0.05) is 0 Å². The molecule has 0 unspecified atom stereocenters. The van der Waals surface area contributed by atoms with E-state index in [4.69, 9.17) is 0 Å². The van der Waals surface area contributed by atoms with Gasteiger partial charge in [0.05, 0.1) is 5.41 Å². The summed E-state index contributed by atoms with van der Waals surface area (Å²) in [4.78, 5) is 11.4. The summed E-state index contributed by atoms with van der Waals surface area (Å²) in [5.41, 5.74) is -0.475. The number of carboxylic acids is 1. The van der Waals surface area contributed by atoms with Gasteiger partial charge in [-0.3, -0.25) is 4.79 Å². The summed E-state index contributed by atoms with van der Waals surface area (Å²) in [6.07, 6.45) is 22.4. The maximum atomic E-state index is 11.4. The molecule has 0 aromatic rings. The topological polar surface area (TPSA) is 37.3 Å². The number of unbranched alkanes of at least 4 members (excludes halogenated alkanes) is 10. The molecule has 2 nitrogen and oxygen atoms in total. The van der Waals surface area contributed by atoms with Crippen LogP contribution in [0.5, 0.6) is 0 Å². The van der Waals surface area contributed by atoms with Crippen LogP contribution >= 0.6 is 0 Å². The Balaban J connectivity index is 3.50. The summed E-state index contributed by atoms with van der Waals surface area (Å²) in [6, 6.07) is 0. The predicted octanol–water partition coefficient (Wildman–Crippen LogP) is 7.52. The molecular weight excluding hydrogens is 296 g/mol. The van der Waals surface area contributed by atoms with E-state index in [1.54, 1.807) is 0 Å². The Kier molecular flexibility index (Phi) is 15.2. The van der Waals surface area contributed by atoms with Gasteiger partial charge in [0.1, 0.15) is 0 Å². The minimum atomic E-state index is -0.606. The molecule has 0 atom stereocenters. The molecule has 0 aliphatic rings. The summed E-state index contributed by atoms with van der Waals surface area (Å²) >= 11 is 0. The molecule has 0 aromatic carbocycles. The van der Waals surface area contributed by atoms with Crippen molar-refractivity contribution in [3.05, 3.63) is 12.2 Å². The summed E-state index contributed by atoms with van der Waals surface area (Å²) in [7, 11) is 0. The van der Waals surface area contributed by atoms with Crippen molar-refractivity contribution in [3.8, 4) is 0 Å². The van der Waals surface area contributed by atoms with Gasteiger partial charge in [0.15, 0.2) is 0 Å². The van der Waals surface area contributed by atoms with Crippen molar-refractivity contribution in [2.75, 3.05) is 0 Å². The Labute approximate surface area is 151 Å². The molecule has 0 heterocycles. The van der Waals surface area contributed by atoms with Gasteiger partial charge >= 0.3 is 5.97 Å². The third-order valence-electron chi connectivity index (χ3n) is 5.47. The van der Waals surface area contributed by atoms with Gasteiger partial charge in [-0.2, -0.15) is 0 Å². The molecular formula is C22H42O2. The largest absolute Gasteiger partial charge is 0.481 e. The fourth-order valence-corrected chi connectivity index (χ4v) is 3.37. The fourth-order valence-electron chi connectivity index (χ4n) is 3.37. The lowest BCUT2D eigenvalue weighted by Crippen LogP contribution is -2.29. The monoisotopic (exact) mass is 338 g/mol. The zero-order valence-electron chi connectivity index (χ0n) is 16.6. The van der Waals surface area contributed by atoms with Crippen LogP contribution in [-0.4, -0.2) is 11.1 Å². The average Bonchev–Trinajstić information content (AvgIpc) is 2.58. The summed E-state index contributed by atoms with van der Waals surface area (Å²) in [5.74, 6) is -0.606. The molecule has 0 rings (SSSR count). The van der Waals surface area contributed by atoms with Gasteiger partial charge in [-0.05, 0) is 44.9 Å². The second-order valence-electron chi connectivity index (χ2n) is 7.27. The molecule has 2 heteroatoms. The van der Waals surface area contributed by atoms with Crippen molar-refractivity contribution < 1.29 is 9.90 Å². The third kappa shape index (κ3) is 10.9. The molecule has 0 aromatic heterocycles. The van der Waals surface area contributed by atoms with Crippen molar-refractivity contribution in [1.82, 2.24) is 0 Å². The Bertz CT molecular complexity index is 316. The normalized spacial score (nSPS) is 12.1. The molecule has 0 saturated heterocycles. The molecule has 0 radical (unpaired) electrons. The lowest BCUT2D eigenvalue weighted by atomic mass is 9.78. The lowest BCUT2D eigenvalue weighted by Gasteiger charge is -2.26. The van der Waals surface area contributed by atoms with E-state index in [9.17, 15) is 9.90 Å². The van der Waals surface area contributed by atoms with Crippen molar-refractivity contribution in [2.45, 2.75) is 117 Å². The average molecular weight is 339 g/mol. The lowest BCUT2D eigenvalue weighted by molar-refractivity contribution is -0.150. The molecule has 0 saturated carbocycles. The highest BCUT2D eigenvalue weighted by atomic mass is 16.4. The van der Waals surface area contributed by atoms with E-state index in [2.05, 4.69) is 19.1 Å². The predicted molar refractivity (Wildman–Crippen MR) is 105 cm³/mol. The SMILES string of the molecule is CCCCCCCC/C=C\CCCCCCC(CC)(CC)C(=O)O. The second kappa shape index (κ2) is 15.7. The number of rotatable bonds is 17. The molecule has 0 aliphatic heterocycles. The fraction of sp³-hybridized carbons (Fsp3) is 0.864. The van der Waals surface area contributed by atoms with E-state index in [0.717, 1.165) is 25.7 Å². The van der Waals surface area contributed by atoms with E-state index in [0.29, 0.717) is 0 Å². The molecule has 24 heavy (non-hydrogen) atoms. The van der Waals surface area contributed by atoms with Crippen molar-refractivity contribution >= 4 is 5.97 Å². The van der Waals surface area contributed by atoms with Crippen molar-refractivity contribution in [3.63, 3.8) is 0 Å². The number of aliphatic carboxylic acids is 1. The van der Waals surface area contributed by atoms with Crippen LogP contribution in [0.1, 0.15) is 117 Å². The first kappa shape index (κ1) is 23.2. The number of carbonyl (C=O) groups is 1. The van der Waals surface area contributed by atoms with Crippen LogP contribution in [-0.2, 0) is 4.79 Å². The first-order valence-corrected chi connectivity index (χ1v) is 10.5. The van der Waals surface area contributed by atoms with Crippen LogP contribution < -0.4 is 0 Å². The Hall–Kier alpha value is -0.790. The maximum absolute atomic E-state index is 11.4. The smallest absolute Gasteiger partial charge is 0.309 e. The molecule has 0 spiro atoms. The highest BCUT2D eigenvalue weighted by Gasteiger charge is 2.33. The van der Waals surface area contributed by atoms with Gasteiger partial charge in [-0.1, -0.05) is 84.3 Å². The second-order valence-corrected chi connectivity index (χ2v) is 7.27. The highest BCUT2D eigenvalue weighted by molar-refractivity contribution is 5.74. The quantitative estimate of drug-likeness (QED) is 0.220. The van der Waals surface area contributed by atoms with Crippen molar-refractivity contribution in [1.29, 1.82) is 0 Å². The Morgan fingerprint density at radius 3 is 1.67 bits per heavy atom. The van der Waals surface area contributed by atoms with Gasteiger partial charge in [-0.25, -0.2) is 0 Å². The van der Waals surface area contributed by atoms with Gasteiger partial charge in [0.2, 0.25) is 0 Å². The van der Waals surface area contributed by atoms with Crippen LogP contribution in [0.25, 0.3) is 0 Å². The van der Waals surface area contributed by atoms with Gasteiger partial charge < -0.3 is 5.11 Å². The number of carboxylic acid groups (broad SMARTS) is 1. The molecule has 0 aliphatic carbocycles. The number of allylic oxidation sites excluding steroid dienone is 2. The third-order valence-corrected chi connectivity index (χ3v) is 5.47. The van der Waals surface area contributed by atoms with Crippen LogP contribution in [0.15, 0.2) is 12.2 Å². The molecule has 0 amide bonds. The van der Waals surface area contributed by atoms with E-state index < -0.39 is 11.4 Å². The van der Waals surface area contributed by atoms with Crippen LogP contribution in [0, 0.1) is 5.41 Å². The van der Waals surface area contributed by atoms with E-state index in [-0.39, 0.29) is 0 Å². The van der Waals surface area contributed by atoms with E-state index in [1.165, 1.54) is 70.6 Å². The number of hydrogen-bond acceptors (Lipinski definition) is 1. The summed E-state index contributed by atoms with van der Waals surface area (Å²) in [5, 5.41) is 9.42. The minimum Gasteiger partial charge on any atom is -0.481 e. The van der Waals surface area contributed by atoms with Crippen LogP contribution in [0.4, 0.5) is 0 Å². The first-order chi connectivity index (χ1) is 11.6. The zero-order chi connectivity index (χ0) is 18.1. The van der Waals surface area contributed by atoms with E-state index in [1.807, 2.05) is 13.8 Å². The molecule has 0 bridgehead atoms. The van der Waals surface area contributed by atoms with Gasteiger partial charge in [0.25, 0.3) is 0 Å². The molecule has 0 fully saturated rings. The van der Waals surface area contributed by atoms with Crippen molar-refractivity contribution in [2.24, 2.45) is 5.41 Å². The summed E-state index contributed by atoms with van der Waals surface area (Å²) in [6.45, 7) is 6.28. The first-order valence-electron chi connectivity index (χ1n) is 10.5. The Morgan fingerprint density at radius 2 is 1.21 bits per heavy atom. The maximum Gasteiger partial charge on any atom is 0.309 e. The highest BCUT2D eigenvalue weighted by Crippen LogP contribution is 2.33. The summed E-state index contributed by atoms with van der Waals surface area (Å²) < 4.78 is 0. The van der Waals surface area contributed by atoms with Crippen LogP contribution in [0.3, 0.4) is 0 Å². The van der Waals surface area contributed by atoms with E-state index >= 15 is 0 Å². The molecule has 142 valence electrons. The molecule has 1 N–H and O–H groups in total. The van der Waals surface area contributed by atoms with Gasteiger partial charge in [-0.15, -0.1) is 0 Å². The zero-order valence-corrected chi connectivity index (χ0v) is 16.6. The standard InChI is InChI=1S/C22H42O2/c1-4-7-8-9-10-11-12-13-14-15-16-17-18-19-20-22(5-2,6-3)21(23)24/h13-14H,4-12,15-20H2,1-3H3,(H,23,24)/b14-13-. The van der Waals surface area contributed by atoms with Crippen LogP contribution in [0.2, 0.25) is 0 Å². The Morgan fingerprint density at radius 1 is 0.750 bits per heavy atom. The number of hydrogen-bond donors (Lipinski definition) is 1.